The van der Waals surface area contributed by atoms with Gasteiger partial charge in [0.1, 0.15) is 5.78 Å². The summed E-state index contributed by atoms with van der Waals surface area (Å²) in [5.41, 5.74) is 2.65. The molecule has 1 aromatic carbocycles. The van der Waals surface area contributed by atoms with Gasteiger partial charge in [-0.15, -0.1) is 0 Å². The SMILES string of the molecule is Cc1cccc(CC(=O)C2CC2(C)C)c1. The van der Waals surface area contributed by atoms with Crippen LogP contribution in [0.4, 0.5) is 0 Å². The van der Waals surface area contributed by atoms with E-state index in [1.54, 1.807) is 0 Å². The molecule has 0 aliphatic heterocycles. The smallest absolute Gasteiger partial charge is 0.140 e. The van der Waals surface area contributed by atoms with Gasteiger partial charge in [0.2, 0.25) is 0 Å². The molecule has 0 saturated heterocycles. The maximum absolute atomic E-state index is 11.9. The van der Waals surface area contributed by atoms with Crippen molar-refractivity contribution in [1.29, 1.82) is 0 Å². The fraction of sp³-hybridized carbons (Fsp3) is 0.500. The van der Waals surface area contributed by atoms with Crippen molar-refractivity contribution in [2.75, 3.05) is 0 Å². The summed E-state index contributed by atoms with van der Waals surface area (Å²) < 4.78 is 0. The molecule has 1 saturated carbocycles. The van der Waals surface area contributed by atoms with Crippen LogP contribution < -0.4 is 0 Å². The Morgan fingerprint density at radius 2 is 2.13 bits per heavy atom. The van der Waals surface area contributed by atoms with Crippen LogP contribution in [0.15, 0.2) is 24.3 Å². The van der Waals surface area contributed by atoms with Gasteiger partial charge in [0, 0.05) is 12.3 Å². The number of rotatable bonds is 3. The molecular formula is C14H18O. The lowest BCUT2D eigenvalue weighted by Crippen LogP contribution is -2.09. The zero-order valence-corrected chi connectivity index (χ0v) is 9.71. The van der Waals surface area contributed by atoms with Crippen LogP contribution in [0, 0.1) is 18.3 Å². The van der Waals surface area contributed by atoms with Gasteiger partial charge in [0.15, 0.2) is 0 Å². The van der Waals surface area contributed by atoms with Gasteiger partial charge in [0.05, 0.1) is 0 Å². The largest absolute Gasteiger partial charge is 0.299 e. The zero-order valence-electron chi connectivity index (χ0n) is 9.71. The van der Waals surface area contributed by atoms with Crippen molar-refractivity contribution in [2.24, 2.45) is 11.3 Å². The first-order valence-corrected chi connectivity index (χ1v) is 5.57. The van der Waals surface area contributed by atoms with Crippen LogP contribution in [0.5, 0.6) is 0 Å². The van der Waals surface area contributed by atoms with Crippen LogP contribution in [0.25, 0.3) is 0 Å². The van der Waals surface area contributed by atoms with Crippen LogP contribution in [-0.4, -0.2) is 5.78 Å². The number of carbonyl (C=O) groups excluding carboxylic acids is 1. The molecular weight excluding hydrogens is 184 g/mol. The Labute approximate surface area is 91.5 Å². The molecule has 15 heavy (non-hydrogen) atoms. The first kappa shape index (κ1) is 10.4. The van der Waals surface area contributed by atoms with Crippen molar-refractivity contribution in [1.82, 2.24) is 0 Å². The summed E-state index contributed by atoms with van der Waals surface area (Å²) in [7, 11) is 0. The lowest BCUT2D eigenvalue weighted by molar-refractivity contribution is -0.120. The number of aryl methyl sites for hydroxylation is 1. The fourth-order valence-corrected chi connectivity index (χ4v) is 2.16. The van der Waals surface area contributed by atoms with E-state index in [0.29, 0.717) is 18.1 Å². The number of hydrogen-bond acceptors (Lipinski definition) is 1. The molecule has 1 heteroatoms. The van der Waals surface area contributed by atoms with E-state index in [4.69, 9.17) is 0 Å². The lowest BCUT2D eigenvalue weighted by Gasteiger charge is -2.04. The van der Waals surface area contributed by atoms with Gasteiger partial charge in [-0.05, 0) is 24.3 Å². The molecule has 1 aliphatic carbocycles. The zero-order chi connectivity index (χ0) is 11.1. The van der Waals surface area contributed by atoms with Gasteiger partial charge >= 0.3 is 0 Å². The van der Waals surface area contributed by atoms with Gasteiger partial charge in [-0.3, -0.25) is 4.79 Å². The van der Waals surface area contributed by atoms with Gasteiger partial charge in [0.25, 0.3) is 0 Å². The van der Waals surface area contributed by atoms with Crippen molar-refractivity contribution in [3.05, 3.63) is 35.4 Å². The number of carbonyl (C=O) groups is 1. The van der Waals surface area contributed by atoms with E-state index in [2.05, 4.69) is 32.9 Å². The molecule has 0 bridgehead atoms. The van der Waals surface area contributed by atoms with Crippen LogP contribution in [0.1, 0.15) is 31.4 Å². The standard InChI is InChI=1S/C14H18O/c1-10-5-4-6-11(7-10)8-13(15)12-9-14(12,2)3/h4-7,12H,8-9H2,1-3H3. The summed E-state index contributed by atoms with van der Waals surface area (Å²) in [6.07, 6.45) is 1.67. The van der Waals surface area contributed by atoms with Crippen molar-refractivity contribution in [3.8, 4) is 0 Å². The fourth-order valence-electron chi connectivity index (χ4n) is 2.16. The van der Waals surface area contributed by atoms with Crippen molar-refractivity contribution >= 4 is 5.78 Å². The summed E-state index contributed by atoms with van der Waals surface area (Å²) in [4.78, 5) is 11.9. The number of ketones is 1. The lowest BCUT2D eigenvalue weighted by atomic mass is 10.0. The van der Waals surface area contributed by atoms with E-state index in [1.807, 2.05) is 12.1 Å². The van der Waals surface area contributed by atoms with Gasteiger partial charge in [-0.2, -0.15) is 0 Å². The Morgan fingerprint density at radius 1 is 1.47 bits per heavy atom. The molecule has 1 aliphatic rings. The van der Waals surface area contributed by atoms with Crippen LogP contribution in [0.3, 0.4) is 0 Å². The topological polar surface area (TPSA) is 17.1 Å². The van der Waals surface area contributed by atoms with E-state index in [9.17, 15) is 4.79 Å². The summed E-state index contributed by atoms with van der Waals surface area (Å²) in [6.45, 7) is 6.41. The minimum atomic E-state index is 0.265. The summed E-state index contributed by atoms with van der Waals surface area (Å²) in [5.74, 6) is 0.712. The van der Waals surface area contributed by atoms with Crippen LogP contribution in [0.2, 0.25) is 0 Å². The van der Waals surface area contributed by atoms with E-state index in [-0.39, 0.29) is 5.41 Å². The summed E-state index contributed by atoms with van der Waals surface area (Å²) >= 11 is 0. The van der Waals surface area contributed by atoms with Gasteiger partial charge in [-0.1, -0.05) is 43.7 Å². The first-order chi connectivity index (χ1) is 6.99. The molecule has 1 fully saturated rings. The average Bonchev–Trinajstić information content (AvgIpc) is 2.75. The third-order valence-electron chi connectivity index (χ3n) is 3.36. The van der Waals surface area contributed by atoms with E-state index in [0.717, 1.165) is 12.0 Å². The molecule has 1 unspecified atom stereocenters. The van der Waals surface area contributed by atoms with Crippen molar-refractivity contribution < 1.29 is 4.79 Å². The predicted octanol–water partition coefficient (Wildman–Crippen LogP) is 3.15. The van der Waals surface area contributed by atoms with Crippen LogP contribution >= 0.6 is 0 Å². The van der Waals surface area contributed by atoms with E-state index < -0.39 is 0 Å². The Morgan fingerprint density at radius 3 is 2.67 bits per heavy atom. The van der Waals surface area contributed by atoms with Crippen molar-refractivity contribution in [3.63, 3.8) is 0 Å². The van der Waals surface area contributed by atoms with Gasteiger partial charge < -0.3 is 0 Å². The minimum Gasteiger partial charge on any atom is -0.299 e. The summed E-state index contributed by atoms with van der Waals surface area (Å²) in [6, 6.07) is 8.23. The molecule has 0 amide bonds. The minimum absolute atomic E-state index is 0.265. The Balaban J connectivity index is 2.01. The normalized spacial score (nSPS) is 22.5. The second-order valence-corrected chi connectivity index (χ2v) is 5.38. The van der Waals surface area contributed by atoms with Gasteiger partial charge in [-0.25, -0.2) is 0 Å². The Kier molecular flexibility index (Phi) is 2.41. The molecule has 2 rings (SSSR count). The highest BCUT2D eigenvalue weighted by atomic mass is 16.1. The maximum atomic E-state index is 11.9. The molecule has 0 spiro atoms. The number of Topliss-reactive ketones (excluding diaryl/α,β-unsaturated/α-hetero) is 1. The molecule has 1 nitrogen and oxygen atoms in total. The van der Waals surface area contributed by atoms with Crippen LogP contribution in [-0.2, 0) is 11.2 Å². The van der Waals surface area contributed by atoms with E-state index in [1.165, 1.54) is 5.56 Å². The van der Waals surface area contributed by atoms with E-state index >= 15 is 0 Å². The Bertz CT molecular complexity index is 390. The quantitative estimate of drug-likeness (QED) is 0.736. The average molecular weight is 202 g/mol. The highest BCUT2D eigenvalue weighted by Crippen LogP contribution is 2.52. The first-order valence-electron chi connectivity index (χ1n) is 5.57. The second kappa shape index (κ2) is 3.48. The van der Waals surface area contributed by atoms with Crippen molar-refractivity contribution in [2.45, 2.75) is 33.6 Å². The Hall–Kier alpha value is -1.11. The molecule has 1 aromatic rings. The number of hydrogen-bond donors (Lipinski definition) is 0. The molecule has 0 heterocycles. The monoisotopic (exact) mass is 202 g/mol. The molecule has 0 aromatic heterocycles. The second-order valence-electron chi connectivity index (χ2n) is 5.38. The highest BCUT2D eigenvalue weighted by Gasteiger charge is 2.49. The molecule has 0 radical (unpaired) electrons. The third-order valence-corrected chi connectivity index (χ3v) is 3.36. The molecule has 1 atom stereocenters. The third kappa shape index (κ3) is 2.28. The predicted molar refractivity (Wildman–Crippen MR) is 61.8 cm³/mol. The molecule has 0 N–H and O–H groups in total. The maximum Gasteiger partial charge on any atom is 0.140 e. The highest BCUT2D eigenvalue weighted by molar-refractivity contribution is 5.86. The number of benzene rings is 1. The summed E-state index contributed by atoms with van der Waals surface area (Å²) in [5, 5.41) is 0. The molecule has 80 valence electrons.